The molecular formula is C21H16ClN5O3S2. The average molecular weight is 486 g/mol. The summed E-state index contributed by atoms with van der Waals surface area (Å²) in [6.07, 6.45) is 4.53. The quantitative estimate of drug-likeness (QED) is 0.307. The maximum atomic E-state index is 12.6. The van der Waals surface area contributed by atoms with E-state index in [2.05, 4.69) is 20.0 Å². The molecule has 0 bridgehead atoms. The Labute approximate surface area is 193 Å². The lowest BCUT2D eigenvalue weighted by molar-refractivity contribution is 0.104. The Balaban J connectivity index is 1.54. The molecule has 4 rings (SSSR count). The number of rotatable bonds is 7. The van der Waals surface area contributed by atoms with Crippen LogP contribution in [0, 0.1) is 6.92 Å². The number of nitrogens with zero attached hydrogens (tertiary/aromatic N) is 4. The van der Waals surface area contributed by atoms with Crippen LogP contribution in [0.15, 0.2) is 71.1 Å². The van der Waals surface area contributed by atoms with Gasteiger partial charge in [0.1, 0.15) is 0 Å². The first-order chi connectivity index (χ1) is 15.3. The largest absolute Gasteiger partial charge is 0.287 e. The molecule has 8 nitrogen and oxygen atoms in total. The van der Waals surface area contributed by atoms with Crippen molar-refractivity contribution in [1.82, 2.24) is 20.0 Å². The number of nitrogens with one attached hydrogen (secondary N) is 1. The highest BCUT2D eigenvalue weighted by Crippen LogP contribution is 2.21. The molecule has 32 heavy (non-hydrogen) atoms. The van der Waals surface area contributed by atoms with Gasteiger partial charge in [0, 0.05) is 16.6 Å². The summed E-state index contributed by atoms with van der Waals surface area (Å²) in [5.74, 6) is -0.319. The van der Waals surface area contributed by atoms with Gasteiger partial charge in [-0.25, -0.2) is 18.1 Å². The lowest BCUT2D eigenvalue weighted by Crippen LogP contribution is -2.13. The summed E-state index contributed by atoms with van der Waals surface area (Å²) in [4.78, 5) is 16.6. The van der Waals surface area contributed by atoms with Crippen molar-refractivity contribution in [3.63, 3.8) is 0 Å². The Morgan fingerprint density at radius 1 is 1.16 bits per heavy atom. The number of sulfonamides is 1. The van der Waals surface area contributed by atoms with E-state index < -0.39 is 10.0 Å². The highest BCUT2D eigenvalue weighted by atomic mass is 35.5. The molecule has 0 radical (unpaired) electrons. The van der Waals surface area contributed by atoms with Gasteiger partial charge in [-0.15, -0.1) is 16.4 Å². The van der Waals surface area contributed by atoms with E-state index in [1.165, 1.54) is 40.4 Å². The number of carbonyl (C=O) groups excluding carboxylic acids is 1. The third-order valence-corrected chi connectivity index (χ3v) is 7.01. The van der Waals surface area contributed by atoms with Crippen LogP contribution in [0.4, 0.5) is 5.13 Å². The van der Waals surface area contributed by atoms with Gasteiger partial charge in [0.25, 0.3) is 10.0 Å². The highest BCUT2D eigenvalue weighted by Gasteiger charge is 2.18. The molecule has 2 heterocycles. The van der Waals surface area contributed by atoms with Crippen molar-refractivity contribution in [2.24, 2.45) is 0 Å². The van der Waals surface area contributed by atoms with Crippen LogP contribution in [0.2, 0.25) is 5.02 Å². The van der Waals surface area contributed by atoms with Gasteiger partial charge in [-0.3, -0.25) is 9.52 Å². The molecule has 0 amide bonds. The Hall–Kier alpha value is -3.34. The van der Waals surface area contributed by atoms with E-state index >= 15 is 0 Å². The van der Waals surface area contributed by atoms with Crippen LogP contribution in [-0.4, -0.2) is 34.2 Å². The monoisotopic (exact) mass is 485 g/mol. The predicted molar refractivity (Wildman–Crippen MR) is 124 cm³/mol. The van der Waals surface area contributed by atoms with Crippen molar-refractivity contribution in [3.05, 3.63) is 88.2 Å². The second-order valence-electron chi connectivity index (χ2n) is 6.59. The summed E-state index contributed by atoms with van der Waals surface area (Å²) in [5.41, 5.74) is 2.00. The maximum absolute atomic E-state index is 12.6. The Kier molecular flexibility index (Phi) is 6.17. The first kappa shape index (κ1) is 21.9. The molecule has 162 valence electrons. The first-order valence-electron chi connectivity index (χ1n) is 9.27. The fraction of sp³-hybridized carbons (Fsp3) is 0.0476. The van der Waals surface area contributed by atoms with Crippen molar-refractivity contribution < 1.29 is 13.2 Å². The number of hydrogen-bond donors (Lipinski definition) is 1. The fourth-order valence-electron chi connectivity index (χ4n) is 2.87. The van der Waals surface area contributed by atoms with Gasteiger partial charge >= 0.3 is 0 Å². The van der Waals surface area contributed by atoms with Crippen LogP contribution in [0.25, 0.3) is 11.8 Å². The summed E-state index contributed by atoms with van der Waals surface area (Å²) in [5, 5.41) is 10.5. The highest BCUT2D eigenvalue weighted by molar-refractivity contribution is 7.93. The van der Waals surface area contributed by atoms with Crippen molar-refractivity contribution in [2.75, 3.05) is 4.72 Å². The number of carbonyl (C=O) groups is 1. The van der Waals surface area contributed by atoms with Gasteiger partial charge in [0.05, 0.1) is 16.3 Å². The molecule has 0 fully saturated rings. The lowest BCUT2D eigenvalue weighted by atomic mass is 10.1. The van der Waals surface area contributed by atoms with Gasteiger partial charge in [-0.1, -0.05) is 35.0 Å². The zero-order valence-corrected chi connectivity index (χ0v) is 19.0. The molecule has 2 aromatic carbocycles. The van der Waals surface area contributed by atoms with E-state index in [9.17, 15) is 13.2 Å². The summed E-state index contributed by atoms with van der Waals surface area (Å²) in [6, 6.07) is 13.3. The van der Waals surface area contributed by atoms with Gasteiger partial charge < -0.3 is 0 Å². The van der Waals surface area contributed by atoms with E-state index in [1.54, 1.807) is 42.6 Å². The topological polar surface area (TPSA) is 107 Å². The molecule has 0 atom stereocenters. The number of benzene rings is 2. The van der Waals surface area contributed by atoms with Crippen LogP contribution in [0.3, 0.4) is 0 Å². The minimum absolute atomic E-state index is 0.0770. The molecule has 0 aliphatic carbocycles. The van der Waals surface area contributed by atoms with Gasteiger partial charge in [0.2, 0.25) is 5.78 Å². The van der Waals surface area contributed by atoms with Crippen molar-refractivity contribution in [1.29, 1.82) is 0 Å². The predicted octanol–water partition coefficient (Wildman–Crippen LogP) is 4.38. The number of halogens is 1. The smallest absolute Gasteiger partial charge is 0.263 e. The zero-order valence-electron chi connectivity index (χ0n) is 16.6. The molecule has 4 aromatic rings. The molecule has 0 saturated heterocycles. The van der Waals surface area contributed by atoms with Gasteiger partial charge in [-0.2, -0.15) is 0 Å². The van der Waals surface area contributed by atoms with Crippen LogP contribution in [-0.2, 0) is 10.0 Å². The van der Waals surface area contributed by atoms with Crippen molar-refractivity contribution in [2.45, 2.75) is 11.8 Å². The average Bonchev–Trinajstić information content (AvgIpc) is 3.42. The first-order valence-corrected chi connectivity index (χ1v) is 12.0. The number of anilines is 1. The summed E-state index contributed by atoms with van der Waals surface area (Å²) in [7, 11) is -3.76. The van der Waals surface area contributed by atoms with E-state index in [-0.39, 0.29) is 21.5 Å². The SMILES string of the molecule is Cc1c(C(=O)/C=C/c2ccccc2Cl)nnn1-c1ccc(S(=O)(=O)Nc2nccs2)cc1. The fourth-order valence-corrected chi connectivity index (χ4v) is 4.86. The number of allylic oxidation sites excluding steroid dienone is 1. The van der Waals surface area contributed by atoms with E-state index in [0.29, 0.717) is 16.4 Å². The summed E-state index contributed by atoms with van der Waals surface area (Å²) < 4.78 is 28.9. The molecule has 1 N–H and O–H groups in total. The van der Waals surface area contributed by atoms with Crippen LogP contribution in [0.1, 0.15) is 21.7 Å². The van der Waals surface area contributed by atoms with Gasteiger partial charge in [-0.05, 0) is 55.0 Å². The normalized spacial score (nSPS) is 11.7. The zero-order chi connectivity index (χ0) is 22.7. The van der Waals surface area contributed by atoms with E-state index in [4.69, 9.17) is 11.6 Å². The maximum Gasteiger partial charge on any atom is 0.263 e. The van der Waals surface area contributed by atoms with E-state index in [0.717, 1.165) is 5.56 Å². The molecule has 0 spiro atoms. The Bertz CT molecular complexity index is 1400. The number of ketones is 1. The number of aromatic nitrogens is 4. The van der Waals surface area contributed by atoms with Crippen molar-refractivity contribution >= 4 is 50.0 Å². The summed E-state index contributed by atoms with van der Waals surface area (Å²) >= 11 is 7.30. The minimum Gasteiger partial charge on any atom is -0.287 e. The Morgan fingerprint density at radius 3 is 2.59 bits per heavy atom. The minimum atomic E-state index is -3.76. The van der Waals surface area contributed by atoms with E-state index in [1.807, 2.05) is 12.1 Å². The molecule has 0 aliphatic rings. The lowest BCUT2D eigenvalue weighted by Gasteiger charge is -2.07. The third-order valence-electron chi connectivity index (χ3n) is 4.49. The molecule has 0 unspecified atom stereocenters. The Morgan fingerprint density at radius 2 is 1.91 bits per heavy atom. The summed E-state index contributed by atoms with van der Waals surface area (Å²) in [6.45, 7) is 1.71. The molecule has 2 aromatic heterocycles. The van der Waals surface area contributed by atoms with Gasteiger partial charge in [0.15, 0.2) is 10.8 Å². The number of thiazole rings is 1. The van der Waals surface area contributed by atoms with Crippen LogP contribution >= 0.6 is 22.9 Å². The second-order valence-corrected chi connectivity index (χ2v) is 9.58. The van der Waals surface area contributed by atoms with Crippen LogP contribution in [0.5, 0.6) is 0 Å². The molecule has 11 heteroatoms. The molecule has 0 aliphatic heterocycles. The third kappa shape index (κ3) is 4.62. The standard InChI is InChI=1S/C21H16ClN5O3S2/c1-14-20(19(28)11-6-15-4-2-3-5-18(15)22)24-26-27(14)16-7-9-17(10-8-16)32(29,30)25-21-23-12-13-31-21/h2-13H,1H3,(H,23,25)/b11-6+. The molecule has 0 saturated carbocycles. The molecular weight excluding hydrogens is 470 g/mol. The van der Waals surface area contributed by atoms with Crippen molar-refractivity contribution in [3.8, 4) is 5.69 Å². The van der Waals surface area contributed by atoms with Crippen LogP contribution < -0.4 is 4.72 Å². The second kappa shape index (κ2) is 9.03. The number of hydrogen-bond acceptors (Lipinski definition) is 7.